The highest BCUT2D eigenvalue weighted by molar-refractivity contribution is 5.92. The Morgan fingerprint density at radius 2 is 1.83 bits per heavy atom. The van der Waals surface area contributed by atoms with Gasteiger partial charge >= 0.3 is 0 Å². The zero-order chi connectivity index (χ0) is 17.4. The number of nitriles is 1. The largest absolute Gasteiger partial charge is 0.505 e. The smallest absolute Gasteiger partial charge is 0.202 e. The van der Waals surface area contributed by atoms with Crippen molar-refractivity contribution in [1.82, 2.24) is 4.57 Å². The first-order valence-electron chi connectivity index (χ1n) is 7.31. The number of allylic oxidation sites excluding steroid dienone is 1. The predicted molar refractivity (Wildman–Crippen MR) is 88.9 cm³/mol. The van der Waals surface area contributed by atoms with Crippen molar-refractivity contribution in [2.24, 2.45) is 0 Å². The lowest BCUT2D eigenvalue weighted by molar-refractivity contribution is 0.406. The van der Waals surface area contributed by atoms with E-state index in [1.165, 1.54) is 10.6 Å². The van der Waals surface area contributed by atoms with Gasteiger partial charge in [0.2, 0.25) is 5.82 Å². The van der Waals surface area contributed by atoms with Crippen LogP contribution < -0.4 is 0 Å². The van der Waals surface area contributed by atoms with E-state index in [4.69, 9.17) is 0 Å². The average molecular weight is 324 g/mol. The number of rotatable bonds is 2. The van der Waals surface area contributed by atoms with Crippen molar-refractivity contribution in [1.29, 1.82) is 5.26 Å². The van der Waals surface area contributed by atoms with Crippen molar-refractivity contribution in [3.63, 3.8) is 0 Å². The van der Waals surface area contributed by atoms with E-state index in [9.17, 15) is 19.1 Å². The highest BCUT2D eigenvalue weighted by Crippen LogP contribution is 2.33. The third kappa shape index (κ3) is 2.33. The molecule has 0 saturated heterocycles. The van der Waals surface area contributed by atoms with Gasteiger partial charge in [0.05, 0.1) is 22.5 Å². The van der Waals surface area contributed by atoms with Gasteiger partial charge in [-0.15, -0.1) is 0 Å². The van der Waals surface area contributed by atoms with Crippen molar-refractivity contribution in [3.8, 4) is 17.5 Å². The second-order valence-corrected chi connectivity index (χ2v) is 5.68. The highest BCUT2D eigenvalue weighted by Gasteiger charge is 2.21. The Morgan fingerprint density at radius 3 is 2.50 bits per heavy atom. The molecule has 24 heavy (non-hydrogen) atoms. The molecule has 0 aliphatic carbocycles. The molecule has 0 bridgehead atoms. The summed E-state index contributed by atoms with van der Waals surface area (Å²) in [6, 6.07) is 11.6. The highest BCUT2D eigenvalue weighted by atomic mass is 19.2. The van der Waals surface area contributed by atoms with E-state index in [1.807, 2.05) is 13.8 Å². The van der Waals surface area contributed by atoms with E-state index < -0.39 is 17.4 Å². The van der Waals surface area contributed by atoms with Crippen molar-refractivity contribution < 1.29 is 13.9 Å². The fourth-order valence-electron chi connectivity index (χ4n) is 2.75. The predicted octanol–water partition coefficient (Wildman–Crippen LogP) is 4.91. The summed E-state index contributed by atoms with van der Waals surface area (Å²) in [6.45, 7) is 3.72. The molecule has 1 heterocycles. The minimum atomic E-state index is -1.31. The summed E-state index contributed by atoms with van der Waals surface area (Å²) in [6.07, 6.45) is 1.75. The number of halogens is 2. The van der Waals surface area contributed by atoms with E-state index in [2.05, 4.69) is 6.07 Å². The van der Waals surface area contributed by atoms with Crippen LogP contribution in [0.1, 0.15) is 25.1 Å². The third-order valence-corrected chi connectivity index (χ3v) is 3.73. The van der Waals surface area contributed by atoms with Gasteiger partial charge in [0.25, 0.3) is 0 Å². The van der Waals surface area contributed by atoms with Gasteiger partial charge < -0.3 is 9.67 Å². The zero-order valence-corrected chi connectivity index (χ0v) is 13.1. The van der Waals surface area contributed by atoms with E-state index in [-0.39, 0.29) is 5.69 Å². The summed E-state index contributed by atoms with van der Waals surface area (Å²) in [5, 5.41) is 19.6. The Hall–Kier alpha value is -3.13. The standard InChI is InChI=1S/C19H14F2N2O/c1-11(2)9-16-13(10-22)12-5-3-4-6-14(12)23(16)15-7-8-17(24)19(21)18(15)20/h3-9,24H,1-2H3. The number of hydrogen-bond acceptors (Lipinski definition) is 2. The second-order valence-electron chi connectivity index (χ2n) is 5.68. The number of para-hydroxylation sites is 1. The first kappa shape index (κ1) is 15.8. The normalized spacial score (nSPS) is 10.6. The van der Waals surface area contributed by atoms with Crippen molar-refractivity contribution in [2.75, 3.05) is 0 Å². The molecule has 0 amide bonds. The van der Waals surface area contributed by atoms with Crippen LogP contribution in [0.25, 0.3) is 22.7 Å². The topological polar surface area (TPSA) is 49.0 Å². The van der Waals surface area contributed by atoms with Crippen LogP contribution in [0.3, 0.4) is 0 Å². The van der Waals surface area contributed by atoms with E-state index in [0.717, 1.165) is 11.6 Å². The number of aromatic nitrogens is 1. The molecular weight excluding hydrogens is 310 g/mol. The SMILES string of the molecule is CC(C)=Cc1c(C#N)c2ccccc2n1-c1ccc(O)c(F)c1F. The number of phenolic OH excluding ortho intramolecular Hbond substituents is 1. The number of hydrogen-bond donors (Lipinski definition) is 1. The molecule has 3 aromatic rings. The van der Waals surface area contributed by atoms with Crippen LogP contribution in [0.15, 0.2) is 42.0 Å². The molecule has 0 aliphatic rings. The van der Waals surface area contributed by atoms with Crippen LogP contribution >= 0.6 is 0 Å². The maximum Gasteiger partial charge on any atom is 0.202 e. The average Bonchev–Trinajstić information content (AvgIpc) is 2.85. The zero-order valence-electron chi connectivity index (χ0n) is 13.1. The minimum Gasteiger partial charge on any atom is -0.505 e. The van der Waals surface area contributed by atoms with Gasteiger partial charge in [-0.05, 0) is 38.1 Å². The number of benzene rings is 2. The molecule has 5 heteroatoms. The summed E-state index contributed by atoms with van der Waals surface area (Å²) >= 11 is 0. The van der Waals surface area contributed by atoms with Crippen LogP contribution in [-0.4, -0.2) is 9.67 Å². The molecule has 1 aromatic heterocycles. The molecule has 0 atom stereocenters. The van der Waals surface area contributed by atoms with Crippen LogP contribution in [-0.2, 0) is 0 Å². The maximum atomic E-state index is 14.4. The van der Waals surface area contributed by atoms with Gasteiger partial charge in [0.1, 0.15) is 6.07 Å². The maximum absolute atomic E-state index is 14.4. The molecule has 120 valence electrons. The molecule has 1 N–H and O–H groups in total. The molecular formula is C19H14F2N2O. The minimum absolute atomic E-state index is 0.0597. The molecule has 0 spiro atoms. The monoisotopic (exact) mass is 324 g/mol. The molecule has 0 aliphatic heterocycles. The van der Waals surface area contributed by atoms with Crippen LogP contribution in [0, 0.1) is 23.0 Å². The van der Waals surface area contributed by atoms with Gasteiger partial charge in [-0.3, -0.25) is 0 Å². The first-order chi connectivity index (χ1) is 11.5. The fraction of sp³-hybridized carbons (Fsp3) is 0.105. The number of fused-ring (bicyclic) bond motifs is 1. The molecule has 0 saturated carbocycles. The summed E-state index contributed by atoms with van der Waals surface area (Å²) < 4.78 is 29.8. The molecule has 0 unspecified atom stereocenters. The lowest BCUT2D eigenvalue weighted by atomic mass is 10.1. The summed E-state index contributed by atoms with van der Waals surface area (Å²) in [7, 11) is 0. The van der Waals surface area contributed by atoms with Crippen LogP contribution in [0.5, 0.6) is 5.75 Å². The molecule has 0 radical (unpaired) electrons. The molecule has 3 nitrogen and oxygen atoms in total. The van der Waals surface area contributed by atoms with Crippen molar-refractivity contribution >= 4 is 17.0 Å². The fourth-order valence-corrected chi connectivity index (χ4v) is 2.75. The Kier molecular flexibility index (Phi) is 3.82. The first-order valence-corrected chi connectivity index (χ1v) is 7.31. The lowest BCUT2D eigenvalue weighted by Gasteiger charge is -2.11. The van der Waals surface area contributed by atoms with E-state index >= 15 is 0 Å². The molecule has 3 rings (SSSR count). The van der Waals surface area contributed by atoms with Gasteiger partial charge in [-0.25, -0.2) is 4.39 Å². The van der Waals surface area contributed by atoms with Gasteiger partial charge in [0, 0.05) is 5.39 Å². The molecule has 2 aromatic carbocycles. The Balaban J connectivity index is 2.51. The van der Waals surface area contributed by atoms with Gasteiger partial charge in [-0.2, -0.15) is 9.65 Å². The van der Waals surface area contributed by atoms with Crippen molar-refractivity contribution in [2.45, 2.75) is 13.8 Å². The van der Waals surface area contributed by atoms with E-state index in [1.54, 1.807) is 30.3 Å². The van der Waals surface area contributed by atoms with Gasteiger partial charge in [0.15, 0.2) is 11.6 Å². The quantitative estimate of drug-likeness (QED) is 0.728. The number of aromatic hydroxyl groups is 1. The number of phenols is 1. The number of nitrogens with zero attached hydrogens (tertiary/aromatic N) is 2. The van der Waals surface area contributed by atoms with Crippen molar-refractivity contribution in [3.05, 3.63) is 64.9 Å². The summed E-state index contributed by atoms with van der Waals surface area (Å²) in [5.41, 5.74) is 2.30. The Labute approximate surface area is 137 Å². The Bertz CT molecular complexity index is 1020. The van der Waals surface area contributed by atoms with Crippen LogP contribution in [0.4, 0.5) is 8.78 Å². The second kappa shape index (κ2) is 5.82. The summed E-state index contributed by atoms with van der Waals surface area (Å²) in [5.74, 6) is -3.23. The summed E-state index contributed by atoms with van der Waals surface area (Å²) in [4.78, 5) is 0. The van der Waals surface area contributed by atoms with E-state index in [0.29, 0.717) is 22.2 Å². The Morgan fingerprint density at radius 1 is 1.12 bits per heavy atom. The van der Waals surface area contributed by atoms with Crippen LogP contribution in [0.2, 0.25) is 0 Å². The van der Waals surface area contributed by atoms with Gasteiger partial charge in [-0.1, -0.05) is 23.8 Å². The lowest BCUT2D eigenvalue weighted by Crippen LogP contribution is -2.02. The third-order valence-electron chi connectivity index (χ3n) is 3.73. The molecule has 0 fully saturated rings.